The van der Waals surface area contributed by atoms with Crippen molar-refractivity contribution in [1.29, 1.82) is 0 Å². The van der Waals surface area contributed by atoms with Crippen LogP contribution in [0.3, 0.4) is 0 Å². The molecule has 0 heterocycles. The molecule has 0 saturated carbocycles. The van der Waals surface area contributed by atoms with E-state index in [4.69, 9.17) is 0 Å². The first-order chi connectivity index (χ1) is 17.8. The molecule has 0 amide bonds. The average molecular weight is 720 g/mol. The molecule has 0 bridgehead atoms. The first kappa shape index (κ1) is 31.8. The van der Waals surface area contributed by atoms with Crippen LogP contribution in [-0.4, -0.2) is 54.9 Å². The Bertz CT molecular complexity index is 715. The van der Waals surface area contributed by atoms with Crippen molar-refractivity contribution in [3.8, 4) is 0 Å². The average Bonchev–Trinajstić information content (AvgIpc) is 2.91. The van der Waals surface area contributed by atoms with Crippen molar-refractivity contribution in [3.63, 3.8) is 0 Å². The summed E-state index contributed by atoms with van der Waals surface area (Å²) in [5.74, 6) is 0. The van der Waals surface area contributed by atoms with Crippen LogP contribution in [0.5, 0.6) is 0 Å². The van der Waals surface area contributed by atoms with E-state index in [0.717, 1.165) is 13.1 Å². The quantitative estimate of drug-likeness (QED) is 0.0895. The van der Waals surface area contributed by atoms with Gasteiger partial charge >= 0.3 is 245 Å². The van der Waals surface area contributed by atoms with Crippen LogP contribution in [0.15, 0.2) is 48.5 Å². The molecule has 0 radical (unpaired) electrons. The molecule has 0 spiro atoms. The molecular formula is C32H52N2Te2. The Hall–Kier alpha value is -0.381. The molecule has 0 unspecified atom stereocenters. The van der Waals surface area contributed by atoms with Gasteiger partial charge in [-0.1, -0.05) is 0 Å². The Balaban J connectivity index is 1.59. The number of hydrogen-bond donors (Lipinski definition) is 2. The van der Waals surface area contributed by atoms with Crippen molar-refractivity contribution < 1.29 is 0 Å². The van der Waals surface area contributed by atoms with Gasteiger partial charge in [0.05, 0.1) is 0 Å². The number of para-hydroxylation sites is 2. The first-order valence-electron chi connectivity index (χ1n) is 14.8. The third kappa shape index (κ3) is 15.1. The van der Waals surface area contributed by atoms with Crippen LogP contribution in [0.2, 0.25) is 8.94 Å². The summed E-state index contributed by atoms with van der Waals surface area (Å²) in [5, 5.41) is 7.51. The summed E-state index contributed by atoms with van der Waals surface area (Å²) < 4.78 is 6.14. The minimum absolute atomic E-state index is 0.0628. The maximum atomic E-state index is 3.76. The van der Waals surface area contributed by atoms with Gasteiger partial charge in [0, 0.05) is 0 Å². The second-order valence-corrected chi connectivity index (χ2v) is 16.3. The normalized spacial score (nSPS) is 11.1. The minimum atomic E-state index is -0.0628. The van der Waals surface area contributed by atoms with Gasteiger partial charge < -0.3 is 0 Å². The van der Waals surface area contributed by atoms with Gasteiger partial charge in [-0.15, -0.1) is 0 Å². The van der Waals surface area contributed by atoms with Gasteiger partial charge in [0.15, 0.2) is 0 Å². The van der Waals surface area contributed by atoms with E-state index in [2.05, 4.69) is 73.0 Å². The molecule has 4 heteroatoms. The molecule has 0 fully saturated rings. The van der Waals surface area contributed by atoms with Gasteiger partial charge in [-0.3, -0.25) is 0 Å². The van der Waals surface area contributed by atoms with Crippen LogP contribution in [-0.2, 0) is 0 Å². The van der Waals surface area contributed by atoms with Gasteiger partial charge in [0.1, 0.15) is 0 Å². The molecule has 2 N–H and O–H groups in total. The molecule has 202 valence electrons. The Kier molecular flexibility index (Phi) is 20.0. The van der Waals surface area contributed by atoms with Crippen molar-refractivity contribution in [2.45, 2.75) is 113 Å². The summed E-state index contributed by atoms with van der Waals surface area (Å²) in [7, 11) is 0. The molecule has 2 rings (SSSR count). The summed E-state index contributed by atoms with van der Waals surface area (Å²) in [6.07, 6.45) is 19.4. The molecule has 2 nitrogen and oxygen atoms in total. The molecule has 0 aromatic heterocycles. The molecule has 36 heavy (non-hydrogen) atoms. The Morgan fingerprint density at radius 2 is 0.861 bits per heavy atom. The number of anilines is 2. The van der Waals surface area contributed by atoms with Crippen LogP contribution in [0, 0.1) is 0 Å². The van der Waals surface area contributed by atoms with Gasteiger partial charge in [0.2, 0.25) is 0 Å². The standard InChI is InChI=1S/C32H52N2Te2/c1-3-5-7-9-11-19-27-35-31-23-15-13-21-29(31)33-25-17-18-26-34-30-22-14-16-24-32(30)36-28-20-12-10-8-6-4-2/h13-16,21-24,33-34H,3-12,17-20,25-28H2,1-2H3. The number of rotatable bonds is 23. The van der Waals surface area contributed by atoms with Gasteiger partial charge in [-0.2, -0.15) is 0 Å². The van der Waals surface area contributed by atoms with E-state index in [9.17, 15) is 0 Å². The zero-order chi connectivity index (χ0) is 25.5. The Morgan fingerprint density at radius 3 is 1.31 bits per heavy atom. The third-order valence-corrected chi connectivity index (χ3v) is 13.1. The molecule has 0 aliphatic rings. The molecule has 0 aliphatic heterocycles. The monoisotopic (exact) mass is 724 g/mol. The topological polar surface area (TPSA) is 24.1 Å². The van der Waals surface area contributed by atoms with E-state index in [1.165, 1.54) is 110 Å². The van der Waals surface area contributed by atoms with Crippen molar-refractivity contribution in [2.75, 3.05) is 23.7 Å². The molecule has 2 aromatic rings. The van der Waals surface area contributed by atoms with Gasteiger partial charge in [-0.05, 0) is 0 Å². The Labute approximate surface area is 243 Å². The van der Waals surface area contributed by atoms with E-state index in [-0.39, 0.29) is 41.8 Å². The number of hydrogen-bond acceptors (Lipinski definition) is 2. The van der Waals surface area contributed by atoms with Crippen molar-refractivity contribution in [1.82, 2.24) is 0 Å². The van der Waals surface area contributed by atoms with Crippen molar-refractivity contribution >= 4 is 60.4 Å². The van der Waals surface area contributed by atoms with Crippen LogP contribution in [0.1, 0.15) is 104 Å². The van der Waals surface area contributed by atoms with Gasteiger partial charge in [0.25, 0.3) is 0 Å². The summed E-state index contributed by atoms with van der Waals surface area (Å²) >= 11 is -0.126. The summed E-state index contributed by atoms with van der Waals surface area (Å²) in [4.78, 5) is 0. The molecule has 0 atom stereocenters. The van der Waals surface area contributed by atoms with Crippen LogP contribution < -0.4 is 17.9 Å². The van der Waals surface area contributed by atoms with Crippen LogP contribution in [0.4, 0.5) is 11.4 Å². The van der Waals surface area contributed by atoms with E-state index in [0.29, 0.717) is 0 Å². The molecule has 0 aliphatic carbocycles. The number of nitrogens with one attached hydrogen (secondary N) is 2. The van der Waals surface area contributed by atoms with E-state index in [1.807, 2.05) is 0 Å². The number of benzene rings is 2. The fraction of sp³-hybridized carbons (Fsp3) is 0.625. The summed E-state index contributed by atoms with van der Waals surface area (Å²) in [6.45, 7) is 6.75. The van der Waals surface area contributed by atoms with Crippen LogP contribution >= 0.6 is 0 Å². The molecule has 0 saturated heterocycles. The predicted octanol–water partition coefficient (Wildman–Crippen LogP) is 8.21. The zero-order valence-corrected chi connectivity index (χ0v) is 27.8. The van der Waals surface area contributed by atoms with E-state index in [1.54, 1.807) is 7.22 Å². The molecular weight excluding hydrogens is 668 g/mol. The SMILES string of the molecule is CCCCCCCC[Te]c1ccccc1NCCCCNc1ccccc1[Te]CCCCCCCC. The fourth-order valence-corrected chi connectivity index (χ4v) is 10.2. The third-order valence-electron chi connectivity index (χ3n) is 6.52. The van der Waals surface area contributed by atoms with E-state index < -0.39 is 0 Å². The van der Waals surface area contributed by atoms with Crippen LogP contribution in [0.25, 0.3) is 0 Å². The van der Waals surface area contributed by atoms with Crippen molar-refractivity contribution in [3.05, 3.63) is 48.5 Å². The Morgan fingerprint density at radius 1 is 0.472 bits per heavy atom. The number of unbranched alkanes of at least 4 members (excludes halogenated alkanes) is 11. The second kappa shape index (κ2) is 22.6. The first-order valence-corrected chi connectivity index (χ1v) is 20.4. The predicted molar refractivity (Wildman–Crippen MR) is 166 cm³/mol. The summed E-state index contributed by atoms with van der Waals surface area (Å²) in [6, 6.07) is 18.2. The summed E-state index contributed by atoms with van der Waals surface area (Å²) in [5.41, 5.74) is 2.81. The van der Waals surface area contributed by atoms with Gasteiger partial charge in [-0.25, -0.2) is 0 Å². The van der Waals surface area contributed by atoms with Crippen molar-refractivity contribution in [2.24, 2.45) is 0 Å². The molecule has 2 aromatic carbocycles. The van der Waals surface area contributed by atoms with E-state index >= 15 is 0 Å². The maximum absolute atomic E-state index is 3.76. The second-order valence-electron chi connectivity index (χ2n) is 9.79. The zero-order valence-electron chi connectivity index (χ0n) is 23.2. The fourth-order valence-electron chi connectivity index (χ4n) is 4.30.